The zero-order chi connectivity index (χ0) is 11.8. The molecule has 90 valence electrons. The fraction of sp³-hybridized carbons (Fsp3) is 0.750. The summed E-state index contributed by atoms with van der Waals surface area (Å²) in [6.07, 6.45) is 5.54. The molecule has 1 aliphatic heterocycles. The van der Waals surface area contributed by atoms with Crippen LogP contribution in [0.2, 0.25) is 0 Å². The van der Waals surface area contributed by atoms with E-state index < -0.39 is 6.10 Å². The SMILES string of the molecule is Cn1ccnc1C(O)C(C)(C)N1CCCC1. The molecule has 1 aromatic heterocycles. The van der Waals surface area contributed by atoms with E-state index in [0.29, 0.717) is 0 Å². The lowest BCUT2D eigenvalue weighted by Crippen LogP contribution is -2.47. The zero-order valence-electron chi connectivity index (χ0n) is 10.3. The van der Waals surface area contributed by atoms with Crippen molar-refractivity contribution in [1.29, 1.82) is 0 Å². The van der Waals surface area contributed by atoms with Gasteiger partial charge in [0.2, 0.25) is 0 Å². The maximum absolute atomic E-state index is 10.5. The van der Waals surface area contributed by atoms with Crippen molar-refractivity contribution in [3.8, 4) is 0 Å². The van der Waals surface area contributed by atoms with E-state index in [4.69, 9.17) is 0 Å². The molecular formula is C12H21N3O. The van der Waals surface area contributed by atoms with E-state index in [0.717, 1.165) is 18.9 Å². The highest BCUT2D eigenvalue weighted by Gasteiger charge is 2.38. The molecule has 4 nitrogen and oxygen atoms in total. The number of imidazole rings is 1. The lowest BCUT2D eigenvalue weighted by Gasteiger charge is -2.38. The van der Waals surface area contributed by atoms with Crippen LogP contribution in [0.25, 0.3) is 0 Å². The Morgan fingerprint density at radius 2 is 2.00 bits per heavy atom. The number of rotatable bonds is 3. The van der Waals surface area contributed by atoms with Gasteiger partial charge in [-0.15, -0.1) is 0 Å². The van der Waals surface area contributed by atoms with E-state index in [1.54, 1.807) is 6.20 Å². The number of hydrogen-bond donors (Lipinski definition) is 1. The van der Waals surface area contributed by atoms with Crippen molar-refractivity contribution in [1.82, 2.24) is 14.5 Å². The summed E-state index contributed by atoms with van der Waals surface area (Å²) < 4.78 is 1.89. The maximum Gasteiger partial charge on any atom is 0.139 e. The van der Waals surface area contributed by atoms with Crippen molar-refractivity contribution < 1.29 is 5.11 Å². The molecule has 0 amide bonds. The van der Waals surface area contributed by atoms with Crippen molar-refractivity contribution in [3.63, 3.8) is 0 Å². The third kappa shape index (κ3) is 1.87. The summed E-state index contributed by atoms with van der Waals surface area (Å²) in [4.78, 5) is 6.59. The molecule has 16 heavy (non-hydrogen) atoms. The van der Waals surface area contributed by atoms with Crippen LogP contribution in [0.4, 0.5) is 0 Å². The molecule has 0 aliphatic carbocycles. The average molecular weight is 223 g/mol. The fourth-order valence-corrected chi connectivity index (χ4v) is 2.42. The van der Waals surface area contributed by atoms with Gasteiger partial charge in [-0.05, 0) is 39.8 Å². The summed E-state index contributed by atoms with van der Waals surface area (Å²) >= 11 is 0. The van der Waals surface area contributed by atoms with Gasteiger partial charge in [0.1, 0.15) is 11.9 Å². The van der Waals surface area contributed by atoms with Gasteiger partial charge in [-0.1, -0.05) is 0 Å². The third-order valence-electron chi connectivity index (χ3n) is 3.69. The van der Waals surface area contributed by atoms with E-state index in [1.165, 1.54) is 12.8 Å². The van der Waals surface area contributed by atoms with Crippen LogP contribution < -0.4 is 0 Å². The van der Waals surface area contributed by atoms with Crippen molar-refractivity contribution in [2.45, 2.75) is 38.3 Å². The Balaban J connectivity index is 2.19. The van der Waals surface area contributed by atoms with Gasteiger partial charge in [0.25, 0.3) is 0 Å². The van der Waals surface area contributed by atoms with E-state index in [9.17, 15) is 5.11 Å². The van der Waals surface area contributed by atoms with Crippen LogP contribution >= 0.6 is 0 Å². The second kappa shape index (κ2) is 4.18. The number of nitrogens with zero attached hydrogens (tertiary/aromatic N) is 3. The first-order valence-electron chi connectivity index (χ1n) is 5.94. The topological polar surface area (TPSA) is 41.3 Å². The van der Waals surface area contributed by atoms with Crippen LogP contribution in [0, 0.1) is 0 Å². The summed E-state index contributed by atoms with van der Waals surface area (Å²) in [6.45, 7) is 6.35. The standard InChI is InChI=1S/C12H21N3O/c1-12(2,15-7-4-5-8-15)10(16)11-13-6-9-14(11)3/h6,9-10,16H,4-5,7-8H2,1-3H3. The van der Waals surface area contributed by atoms with E-state index in [2.05, 4.69) is 23.7 Å². The molecule has 1 unspecified atom stereocenters. The van der Waals surface area contributed by atoms with Gasteiger partial charge in [-0.3, -0.25) is 4.90 Å². The van der Waals surface area contributed by atoms with E-state index in [1.807, 2.05) is 17.8 Å². The van der Waals surface area contributed by atoms with Gasteiger partial charge in [0, 0.05) is 25.0 Å². The Labute approximate surface area is 96.9 Å². The summed E-state index contributed by atoms with van der Waals surface area (Å²) in [7, 11) is 1.92. The van der Waals surface area contributed by atoms with Gasteiger partial charge < -0.3 is 9.67 Å². The van der Waals surface area contributed by atoms with Crippen molar-refractivity contribution >= 4 is 0 Å². The second-order valence-corrected chi connectivity index (χ2v) is 5.15. The van der Waals surface area contributed by atoms with Gasteiger partial charge >= 0.3 is 0 Å². The molecule has 0 radical (unpaired) electrons. The number of aliphatic hydroxyl groups excluding tert-OH is 1. The van der Waals surface area contributed by atoms with Crippen LogP contribution in [0.1, 0.15) is 38.6 Å². The molecule has 0 spiro atoms. The predicted molar refractivity (Wildman–Crippen MR) is 63.1 cm³/mol. The average Bonchev–Trinajstić information content (AvgIpc) is 2.86. The Bertz CT molecular complexity index is 353. The zero-order valence-corrected chi connectivity index (χ0v) is 10.3. The smallest absolute Gasteiger partial charge is 0.139 e. The molecule has 1 aliphatic rings. The molecular weight excluding hydrogens is 202 g/mol. The Morgan fingerprint density at radius 3 is 2.50 bits per heavy atom. The predicted octanol–water partition coefficient (Wildman–Crippen LogP) is 1.33. The normalized spacial score (nSPS) is 20.2. The maximum atomic E-state index is 10.5. The monoisotopic (exact) mass is 223 g/mol. The van der Waals surface area contributed by atoms with Crippen LogP contribution in [0.15, 0.2) is 12.4 Å². The first-order valence-corrected chi connectivity index (χ1v) is 5.94. The van der Waals surface area contributed by atoms with Crippen molar-refractivity contribution in [3.05, 3.63) is 18.2 Å². The summed E-state index contributed by atoms with van der Waals surface area (Å²) in [5, 5.41) is 10.5. The molecule has 1 atom stereocenters. The van der Waals surface area contributed by atoms with Crippen LogP contribution in [0.5, 0.6) is 0 Å². The molecule has 1 N–H and O–H groups in total. The highest BCUT2D eigenvalue weighted by atomic mass is 16.3. The molecule has 2 rings (SSSR count). The van der Waals surface area contributed by atoms with E-state index in [-0.39, 0.29) is 5.54 Å². The summed E-state index contributed by atoms with van der Waals surface area (Å²) in [6, 6.07) is 0. The number of likely N-dealkylation sites (tertiary alicyclic amines) is 1. The molecule has 1 fully saturated rings. The van der Waals surface area contributed by atoms with E-state index >= 15 is 0 Å². The lowest BCUT2D eigenvalue weighted by molar-refractivity contribution is -0.00536. The van der Waals surface area contributed by atoms with Crippen molar-refractivity contribution in [2.24, 2.45) is 7.05 Å². The highest BCUT2D eigenvalue weighted by Crippen LogP contribution is 2.32. The number of aryl methyl sites for hydroxylation is 1. The minimum Gasteiger partial charge on any atom is -0.383 e. The van der Waals surface area contributed by atoms with Gasteiger partial charge in [-0.2, -0.15) is 0 Å². The lowest BCUT2D eigenvalue weighted by atomic mass is 9.94. The Hall–Kier alpha value is -0.870. The van der Waals surface area contributed by atoms with Crippen LogP contribution in [-0.2, 0) is 7.05 Å². The minimum absolute atomic E-state index is 0.240. The number of aliphatic hydroxyl groups is 1. The summed E-state index contributed by atoms with van der Waals surface area (Å²) in [5.74, 6) is 0.747. The molecule has 1 aromatic rings. The third-order valence-corrected chi connectivity index (χ3v) is 3.69. The largest absolute Gasteiger partial charge is 0.383 e. The summed E-state index contributed by atoms with van der Waals surface area (Å²) in [5.41, 5.74) is -0.240. The second-order valence-electron chi connectivity index (χ2n) is 5.15. The highest BCUT2D eigenvalue weighted by molar-refractivity contribution is 5.05. The Kier molecular flexibility index (Phi) is 3.04. The fourth-order valence-electron chi connectivity index (χ4n) is 2.42. The number of aromatic nitrogens is 2. The first kappa shape index (κ1) is 11.6. The molecule has 0 bridgehead atoms. The van der Waals surface area contributed by atoms with Crippen LogP contribution in [0.3, 0.4) is 0 Å². The van der Waals surface area contributed by atoms with Gasteiger partial charge in [0.05, 0.1) is 0 Å². The molecule has 2 heterocycles. The van der Waals surface area contributed by atoms with Crippen molar-refractivity contribution in [2.75, 3.05) is 13.1 Å². The minimum atomic E-state index is -0.536. The van der Waals surface area contributed by atoms with Gasteiger partial charge in [0.15, 0.2) is 0 Å². The number of hydrogen-bond acceptors (Lipinski definition) is 3. The molecule has 0 aromatic carbocycles. The quantitative estimate of drug-likeness (QED) is 0.840. The Morgan fingerprint density at radius 1 is 1.38 bits per heavy atom. The molecule has 1 saturated heterocycles. The van der Waals surface area contributed by atoms with Crippen LogP contribution in [-0.4, -0.2) is 38.2 Å². The molecule has 0 saturated carbocycles. The molecule has 4 heteroatoms. The first-order chi connectivity index (χ1) is 7.53. The van der Waals surface area contributed by atoms with Gasteiger partial charge in [-0.25, -0.2) is 4.98 Å².